The molecule has 3 fully saturated rings. The van der Waals surface area contributed by atoms with Crippen LogP contribution in [0.15, 0.2) is 114 Å². The van der Waals surface area contributed by atoms with Gasteiger partial charge in [-0.25, -0.2) is 18.1 Å². The number of hydrogen-bond acceptors (Lipinski definition) is 11. The molecule has 15 heteroatoms. The topological polar surface area (TPSA) is 181 Å². The number of nitrogens with zero attached hydrogens (tertiary/aromatic N) is 3. The number of fused-ring (bicyclic) bond motifs is 1. The van der Waals surface area contributed by atoms with Crippen molar-refractivity contribution in [1.82, 2.24) is 14.7 Å². The maximum atomic E-state index is 13.8. The van der Waals surface area contributed by atoms with E-state index in [1.54, 1.807) is 24.4 Å². The fourth-order valence-electron chi connectivity index (χ4n) is 8.28. The summed E-state index contributed by atoms with van der Waals surface area (Å²) >= 11 is 0. The summed E-state index contributed by atoms with van der Waals surface area (Å²) in [6, 6.07) is 29.3. The lowest BCUT2D eigenvalue weighted by atomic mass is 9.95. The molecule has 3 aliphatic rings. The van der Waals surface area contributed by atoms with Crippen molar-refractivity contribution in [3.05, 3.63) is 136 Å². The van der Waals surface area contributed by atoms with Crippen LogP contribution in [0.2, 0.25) is 0 Å². The van der Waals surface area contributed by atoms with Gasteiger partial charge in [0.1, 0.15) is 22.8 Å². The highest BCUT2D eigenvalue weighted by Crippen LogP contribution is 2.46. The molecule has 0 bridgehead atoms. The van der Waals surface area contributed by atoms with Crippen molar-refractivity contribution < 1.29 is 27.6 Å². The molecule has 0 unspecified atom stereocenters. The van der Waals surface area contributed by atoms with Crippen LogP contribution in [0.4, 0.5) is 28.4 Å². The second-order valence-corrected chi connectivity index (χ2v) is 17.3. The average molecular weight is 828 g/mol. The number of amides is 1. The molecule has 1 atom stereocenters. The minimum Gasteiger partial charge on any atom is -0.455 e. The number of pyridine rings is 1. The Labute approximate surface area is 347 Å². The van der Waals surface area contributed by atoms with Crippen LogP contribution in [0, 0.1) is 16.0 Å². The maximum absolute atomic E-state index is 13.8. The van der Waals surface area contributed by atoms with Crippen LogP contribution < -0.4 is 25.0 Å². The van der Waals surface area contributed by atoms with Crippen LogP contribution in [-0.2, 0) is 14.8 Å². The molecule has 60 heavy (non-hydrogen) atoms. The van der Waals surface area contributed by atoms with E-state index < -0.39 is 31.4 Å². The van der Waals surface area contributed by atoms with E-state index in [-0.39, 0.29) is 22.9 Å². The first-order valence-electron chi connectivity index (χ1n) is 20.3. The summed E-state index contributed by atoms with van der Waals surface area (Å²) in [6.45, 7) is 2.71. The smallest absolute Gasteiger partial charge is 0.293 e. The number of sulfonamides is 1. The average Bonchev–Trinajstić information content (AvgIpc) is 3.80. The van der Waals surface area contributed by atoms with Crippen molar-refractivity contribution in [2.24, 2.45) is 5.92 Å². The molecule has 2 aromatic heterocycles. The zero-order valence-electron chi connectivity index (χ0n) is 32.8. The van der Waals surface area contributed by atoms with E-state index in [2.05, 4.69) is 66.6 Å². The Balaban J connectivity index is 0.947. The third-order valence-electron chi connectivity index (χ3n) is 11.6. The third-order valence-corrected chi connectivity index (χ3v) is 12.9. The molecular formula is C45H45N7O7S. The molecule has 4 aromatic carbocycles. The summed E-state index contributed by atoms with van der Waals surface area (Å²) in [5.74, 6) is 0.352. The van der Waals surface area contributed by atoms with Crippen LogP contribution in [0.3, 0.4) is 0 Å². The maximum Gasteiger partial charge on any atom is 0.293 e. The Kier molecular flexibility index (Phi) is 10.8. The Morgan fingerprint density at radius 2 is 1.70 bits per heavy atom. The first kappa shape index (κ1) is 39.0. The van der Waals surface area contributed by atoms with Crippen molar-refractivity contribution in [3.8, 4) is 11.5 Å². The molecule has 4 heterocycles. The van der Waals surface area contributed by atoms with Crippen LogP contribution in [0.1, 0.15) is 72.0 Å². The fraction of sp³-hybridized carbons (Fsp3) is 0.289. The number of nitro groups is 1. The van der Waals surface area contributed by atoms with Gasteiger partial charge in [0, 0.05) is 67.1 Å². The molecule has 2 aliphatic heterocycles. The third kappa shape index (κ3) is 8.49. The SMILES string of the molecule is O=C(NS(=O)(=O)c1ccc(NCC2CCOCC2)c([N+](=O)[O-])c1)c1ccc(Nc2ccc(N3CCC[C@H]3c3ccccc3C3CC3)cc2)cc1Oc1cnc2[nH]ccc2c1. The molecular weight excluding hydrogens is 783 g/mol. The number of carbonyl (C=O) groups is 1. The monoisotopic (exact) mass is 827 g/mol. The minimum absolute atomic E-state index is 0.0638. The summed E-state index contributed by atoms with van der Waals surface area (Å²) < 4.78 is 41.0. The van der Waals surface area contributed by atoms with E-state index in [4.69, 9.17) is 9.47 Å². The Morgan fingerprint density at radius 3 is 2.48 bits per heavy atom. The zero-order valence-corrected chi connectivity index (χ0v) is 33.6. The van der Waals surface area contributed by atoms with Crippen molar-refractivity contribution in [1.29, 1.82) is 0 Å². The van der Waals surface area contributed by atoms with Gasteiger partial charge in [0.25, 0.3) is 21.6 Å². The van der Waals surface area contributed by atoms with Crippen LogP contribution in [-0.4, -0.2) is 55.5 Å². The number of hydrogen-bond donors (Lipinski definition) is 4. The summed E-state index contributed by atoms with van der Waals surface area (Å²) in [6.07, 6.45) is 9.65. The second-order valence-electron chi connectivity index (χ2n) is 15.6. The Bertz CT molecular complexity index is 2660. The van der Waals surface area contributed by atoms with Gasteiger partial charge in [-0.1, -0.05) is 24.3 Å². The number of benzene rings is 4. The number of carbonyl (C=O) groups excluding carboxylic acids is 1. The first-order chi connectivity index (χ1) is 29.2. The van der Waals surface area contributed by atoms with Crippen molar-refractivity contribution in [2.75, 3.05) is 41.8 Å². The molecule has 14 nitrogen and oxygen atoms in total. The molecule has 1 saturated carbocycles. The van der Waals surface area contributed by atoms with Gasteiger partial charge in [0.2, 0.25) is 0 Å². The van der Waals surface area contributed by atoms with E-state index in [1.807, 2.05) is 18.2 Å². The second kappa shape index (κ2) is 16.7. The van der Waals surface area contributed by atoms with Crippen LogP contribution in [0.25, 0.3) is 11.0 Å². The van der Waals surface area contributed by atoms with Crippen molar-refractivity contribution in [2.45, 2.75) is 55.4 Å². The Hall–Kier alpha value is -6.45. The van der Waals surface area contributed by atoms with Gasteiger partial charge in [0.15, 0.2) is 0 Å². The highest BCUT2D eigenvalue weighted by Gasteiger charge is 2.33. The molecule has 1 amide bonds. The fourth-order valence-corrected chi connectivity index (χ4v) is 9.26. The normalized spacial score (nSPS) is 17.1. The number of anilines is 4. The van der Waals surface area contributed by atoms with Gasteiger partial charge in [0.05, 0.1) is 27.6 Å². The quantitative estimate of drug-likeness (QED) is 0.0607. The summed E-state index contributed by atoms with van der Waals surface area (Å²) in [4.78, 5) is 34.7. The van der Waals surface area contributed by atoms with Gasteiger partial charge in [-0.3, -0.25) is 14.9 Å². The molecule has 9 rings (SSSR count). The summed E-state index contributed by atoms with van der Waals surface area (Å²) in [5, 5.41) is 19.3. The number of rotatable bonds is 14. The summed E-state index contributed by atoms with van der Waals surface area (Å²) in [5.41, 5.74) is 5.79. The molecule has 4 N–H and O–H groups in total. The first-order valence-corrected chi connectivity index (χ1v) is 21.8. The zero-order chi connectivity index (χ0) is 41.2. The molecule has 6 aromatic rings. The van der Waals surface area contributed by atoms with Crippen LogP contribution >= 0.6 is 0 Å². The standard InChI is InChI=1S/C45H45N7O7S/c53-45(50-60(56,57)36-14-16-40(42(26-36)52(54)55)47-27-29-18-22-58-23-19-29)39-15-11-33(25-43(39)59-35-24-31-17-20-46-44(31)48-28-35)49-32-9-12-34(13-10-32)51-21-3-6-41(51)38-5-2-1-4-37(38)30-7-8-30/h1-2,4-5,9-17,20,24-26,28-30,41,47,49H,3,6-8,18-19,21-23,27H2,(H,46,48)(H,50,53)/t41-/m0/s1. The predicted molar refractivity (Wildman–Crippen MR) is 230 cm³/mol. The number of nitrogens with one attached hydrogen (secondary N) is 4. The van der Waals surface area contributed by atoms with E-state index in [0.717, 1.165) is 55.1 Å². The summed E-state index contributed by atoms with van der Waals surface area (Å²) in [7, 11) is -4.56. The van der Waals surface area contributed by atoms with Gasteiger partial charge in [-0.2, -0.15) is 0 Å². The van der Waals surface area contributed by atoms with Crippen molar-refractivity contribution in [3.63, 3.8) is 0 Å². The number of H-pyrrole nitrogens is 1. The molecule has 1 aliphatic carbocycles. The molecule has 0 radical (unpaired) electrons. The largest absolute Gasteiger partial charge is 0.455 e. The van der Waals surface area contributed by atoms with Gasteiger partial charge >= 0.3 is 0 Å². The van der Waals surface area contributed by atoms with E-state index in [1.165, 1.54) is 48.4 Å². The number of nitro benzene ring substituents is 1. The minimum atomic E-state index is -4.56. The molecule has 308 valence electrons. The van der Waals surface area contributed by atoms with Gasteiger partial charge in [-0.15, -0.1) is 0 Å². The number of aromatic amines is 1. The molecule has 0 spiro atoms. The lowest BCUT2D eigenvalue weighted by Gasteiger charge is -2.29. The van der Waals surface area contributed by atoms with E-state index >= 15 is 0 Å². The highest BCUT2D eigenvalue weighted by molar-refractivity contribution is 7.90. The number of ether oxygens (including phenoxy) is 2. The van der Waals surface area contributed by atoms with Gasteiger partial charge in [-0.05, 0) is 122 Å². The van der Waals surface area contributed by atoms with Crippen LogP contribution in [0.5, 0.6) is 11.5 Å². The molecule has 2 saturated heterocycles. The highest BCUT2D eigenvalue weighted by atomic mass is 32.2. The van der Waals surface area contributed by atoms with E-state index in [0.29, 0.717) is 48.8 Å². The lowest BCUT2D eigenvalue weighted by molar-refractivity contribution is -0.384. The Morgan fingerprint density at radius 1 is 0.917 bits per heavy atom. The van der Waals surface area contributed by atoms with Gasteiger partial charge < -0.3 is 30.0 Å². The predicted octanol–water partition coefficient (Wildman–Crippen LogP) is 9.18. The number of aromatic nitrogens is 2. The van der Waals surface area contributed by atoms with E-state index in [9.17, 15) is 23.3 Å². The van der Waals surface area contributed by atoms with Crippen molar-refractivity contribution >= 4 is 55.4 Å². The lowest BCUT2D eigenvalue weighted by Crippen LogP contribution is -2.31.